The van der Waals surface area contributed by atoms with Crippen LogP contribution in [0.4, 0.5) is 11.5 Å². The van der Waals surface area contributed by atoms with E-state index in [0.717, 1.165) is 35.1 Å². The van der Waals surface area contributed by atoms with E-state index in [1.54, 1.807) is 31.9 Å². The summed E-state index contributed by atoms with van der Waals surface area (Å²) in [6.07, 6.45) is 5.11. The summed E-state index contributed by atoms with van der Waals surface area (Å²) in [5.41, 5.74) is 2.34. The number of methoxy groups -OCH3 is 2. The first-order chi connectivity index (χ1) is 12.2. The molecule has 3 aromatic rings. The van der Waals surface area contributed by atoms with Crippen molar-refractivity contribution in [2.75, 3.05) is 19.5 Å². The first kappa shape index (κ1) is 18.7. The molecule has 0 fully saturated rings. The molecule has 138 valence electrons. The van der Waals surface area contributed by atoms with Gasteiger partial charge in [0.15, 0.2) is 11.5 Å². The van der Waals surface area contributed by atoms with E-state index in [1.807, 2.05) is 18.2 Å². The van der Waals surface area contributed by atoms with Gasteiger partial charge in [-0.05, 0) is 42.9 Å². The number of anilines is 2. The SMILES string of the molecule is COc1ccc(Nc2ncnc3sc4c(c23)CCC(C)C4)cc1OC.Cl. The Balaban J connectivity index is 0.00000196. The molecule has 1 unspecified atom stereocenters. The van der Waals surface area contributed by atoms with Gasteiger partial charge in [0, 0.05) is 16.6 Å². The lowest BCUT2D eigenvalue weighted by Gasteiger charge is -2.18. The van der Waals surface area contributed by atoms with E-state index in [9.17, 15) is 0 Å². The van der Waals surface area contributed by atoms with Gasteiger partial charge in [-0.2, -0.15) is 0 Å². The summed E-state index contributed by atoms with van der Waals surface area (Å²) in [6, 6.07) is 5.79. The van der Waals surface area contributed by atoms with Gasteiger partial charge >= 0.3 is 0 Å². The number of halogens is 1. The number of hydrogen-bond donors (Lipinski definition) is 1. The average molecular weight is 392 g/mol. The quantitative estimate of drug-likeness (QED) is 0.678. The van der Waals surface area contributed by atoms with Crippen molar-refractivity contribution in [3.05, 3.63) is 35.0 Å². The van der Waals surface area contributed by atoms with Crippen LogP contribution in [-0.2, 0) is 12.8 Å². The molecule has 0 radical (unpaired) electrons. The lowest BCUT2D eigenvalue weighted by Crippen LogP contribution is -2.09. The predicted octanol–water partition coefficient (Wildman–Crippen LogP) is 5.00. The molecular formula is C19H22ClN3O2S. The molecule has 1 aromatic carbocycles. The van der Waals surface area contributed by atoms with Gasteiger partial charge in [0.05, 0.1) is 19.6 Å². The first-order valence-electron chi connectivity index (χ1n) is 8.44. The molecule has 5 nitrogen and oxygen atoms in total. The Morgan fingerprint density at radius 1 is 1.15 bits per heavy atom. The number of thiophene rings is 1. The third-order valence-electron chi connectivity index (χ3n) is 4.74. The molecule has 1 aliphatic rings. The van der Waals surface area contributed by atoms with E-state index in [0.29, 0.717) is 11.5 Å². The fourth-order valence-corrected chi connectivity index (χ4v) is 4.77. The fourth-order valence-electron chi connectivity index (χ4n) is 3.42. The smallest absolute Gasteiger partial charge is 0.162 e. The summed E-state index contributed by atoms with van der Waals surface area (Å²) in [5.74, 6) is 3.02. The van der Waals surface area contributed by atoms with Crippen molar-refractivity contribution in [3.8, 4) is 11.5 Å². The molecule has 1 N–H and O–H groups in total. The highest BCUT2D eigenvalue weighted by Crippen LogP contribution is 2.40. The van der Waals surface area contributed by atoms with E-state index in [1.165, 1.54) is 22.2 Å². The van der Waals surface area contributed by atoms with E-state index >= 15 is 0 Å². The number of aromatic nitrogens is 2. The molecular weight excluding hydrogens is 370 g/mol. The Morgan fingerprint density at radius 2 is 1.96 bits per heavy atom. The lowest BCUT2D eigenvalue weighted by molar-refractivity contribution is 0.355. The monoisotopic (exact) mass is 391 g/mol. The van der Waals surface area contributed by atoms with Gasteiger partial charge in [-0.3, -0.25) is 0 Å². The number of rotatable bonds is 4. The molecule has 0 aliphatic heterocycles. The molecule has 0 saturated carbocycles. The normalized spacial score (nSPS) is 15.9. The zero-order chi connectivity index (χ0) is 17.4. The van der Waals surface area contributed by atoms with Crippen LogP contribution < -0.4 is 14.8 Å². The second-order valence-corrected chi connectivity index (χ2v) is 7.53. The van der Waals surface area contributed by atoms with Crippen LogP contribution in [0.25, 0.3) is 10.2 Å². The highest BCUT2D eigenvalue weighted by atomic mass is 35.5. The Hall–Kier alpha value is -2.05. The summed E-state index contributed by atoms with van der Waals surface area (Å²) >= 11 is 1.81. The molecule has 0 saturated heterocycles. The molecule has 0 amide bonds. The molecule has 1 aliphatic carbocycles. The fraction of sp³-hybridized carbons (Fsp3) is 0.368. The number of nitrogens with one attached hydrogen (secondary N) is 1. The first-order valence-corrected chi connectivity index (χ1v) is 9.25. The van der Waals surface area contributed by atoms with Crippen molar-refractivity contribution >= 4 is 45.5 Å². The van der Waals surface area contributed by atoms with Crippen LogP contribution in [-0.4, -0.2) is 24.2 Å². The minimum Gasteiger partial charge on any atom is -0.493 e. The van der Waals surface area contributed by atoms with Crippen LogP contribution in [0.3, 0.4) is 0 Å². The third-order valence-corrected chi connectivity index (χ3v) is 5.90. The Kier molecular flexibility index (Phi) is 5.53. The number of ether oxygens (including phenoxy) is 2. The van der Waals surface area contributed by atoms with Crippen molar-refractivity contribution in [2.45, 2.75) is 26.2 Å². The van der Waals surface area contributed by atoms with Crippen molar-refractivity contribution < 1.29 is 9.47 Å². The van der Waals surface area contributed by atoms with E-state index in [4.69, 9.17) is 9.47 Å². The number of benzene rings is 1. The summed E-state index contributed by atoms with van der Waals surface area (Å²) < 4.78 is 10.7. The topological polar surface area (TPSA) is 56.3 Å². The maximum Gasteiger partial charge on any atom is 0.162 e. The summed E-state index contributed by atoms with van der Waals surface area (Å²) in [7, 11) is 3.28. The van der Waals surface area contributed by atoms with Gasteiger partial charge < -0.3 is 14.8 Å². The van der Waals surface area contributed by atoms with Crippen LogP contribution in [0.15, 0.2) is 24.5 Å². The molecule has 4 rings (SSSR count). The zero-order valence-electron chi connectivity index (χ0n) is 15.0. The molecule has 7 heteroatoms. The Labute approximate surface area is 163 Å². The number of nitrogens with zero attached hydrogens (tertiary/aromatic N) is 2. The standard InChI is InChI=1S/C19H21N3O2S.ClH/c1-11-4-6-13-16(8-11)25-19-17(13)18(20-10-21-19)22-12-5-7-14(23-2)15(9-12)24-3;/h5,7,9-11H,4,6,8H2,1-3H3,(H,20,21,22);1H. The van der Waals surface area contributed by atoms with Crippen molar-refractivity contribution in [1.82, 2.24) is 9.97 Å². The van der Waals surface area contributed by atoms with Crippen LogP contribution >= 0.6 is 23.7 Å². The maximum atomic E-state index is 5.39. The largest absolute Gasteiger partial charge is 0.493 e. The highest BCUT2D eigenvalue weighted by Gasteiger charge is 2.23. The summed E-state index contributed by atoms with van der Waals surface area (Å²) in [5, 5.41) is 4.61. The summed E-state index contributed by atoms with van der Waals surface area (Å²) in [6.45, 7) is 2.32. The van der Waals surface area contributed by atoms with E-state index < -0.39 is 0 Å². The van der Waals surface area contributed by atoms with Gasteiger partial charge in [0.2, 0.25) is 0 Å². The van der Waals surface area contributed by atoms with Gasteiger partial charge in [-0.15, -0.1) is 23.7 Å². The number of fused-ring (bicyclic) bond motifs is 3. The predicted molar refractivity (Wildman–Crippen MR) is 109 cm³/mol. The van der Waals surface area contributed by atoms with E-state index in [2.05, 4.69) is 22.2 Å². The van der Waals surface area contributed by atoms with Crippen molar-refractivity contribution in [3.63, 3.8) is 0 Å². The molecule has 0 bridgehead atoms. The van der Waals surface area contributed by atoms with Crippen LogP contribution in [0, 0.1) is 5.92 Å². The lowest BCUT2D eigenvalue weighted by atomic mass is 9.89. The number of aryl methyl sites for hydroxylation is 1. The van der Waals surface area contributed by atoms with Crippen LogP contribution in [0.1, 0.15) is 23.8 Å². The van der Waals surface area contributed by atoms with Crippen molar-refractivity contribution in [1.29, 1.82) is 0 Å². The molecule has 2 aromatic heterocycles. The second-order valence-electron chi connectivity index (χ2n) is 6.45. The van der Waals surface area contributed by atoms with E-state index in [-0.39, 0.29) is 12.4 Å². The van der Waals surface area contributed by atoms with Gasteiger partial charge in [0.1, 0.15) is 17.0 Å². The minimum absolute atomic E-state index is 0. The Bertz CT molecular complexity index is 929. The molecule has 26 heavy (non-hydrogen) atoms. The zero-order valence-corrected chi connectivity index (χ0v) is 16.7. The molecule has 1 atom stereocenters. The average Bonchev–Trinajstić information content (AvgIpc) is 2.99. The van der Waals surface area contributed by atoms with Gasteiger partial charge in [-0.1, -0.05) is 6.92 Å². The third kappa shape index (κ3) is 3.31. The minimum atomic E-state index is 0. The summed E-state index contributed by atoms with van der Waals surface area (Å²) in [4.78, 5) is 11.5. The van der Waals surface area contributed by atoms with Crippen LogP contribution in [0.5, 0.6) is 11.5 Å². The highest BCUT2D eigenvalue weighted by molar-refractivity contribution is 7.19. The van der Waals surface area contributed by atoms with Crippen molar-refractivity contribution in [2.24, 2.45) is 5.92 Å². The second kappa shape index (κ2) is 7.68. The Morgan fingerprint density at radius 3 is 2.73 bits per heavy atom. The van der Waals surface area contributed by atoms with Gasteiger partial charge in [-0.25, -0.2) is 9.97 Å². The van der Waals surface area contributed by atoms with Crippen LogP contribution in [0.2, 0.25) is 0 Å². The molecule has 2 heterocycles. The van der Waals surface area contributed by atoms with Gasteiger partial charge in [0.25, 0.3) is 0 Å². The molecule has 0 spiro atoms. The number of hydrogen-bond acceptors (Lipinski definition) is 6. The maximum absolute atomic E-state index is 5.39.